The van der Waals surface area contributed by atoms with Crippen molar-refractivity contribution in [1.29, 1.82) is 0 Å². The van der Waals surface area contributed by atoms with E-state index in [1.54, 1.807) is 17.4 Å². The lowest BCUT2D eigenvalue weighted by atomic mass is 10.1. The highest BCUT2D eigenvalue weighted by atomic mass is 32.1. The summed E-state index contributed by atoms with van der Waals surface area (Å²) in [5.41, 5.74) is 0.287. The molecule has 1 atom stereocenters. The second-order valence-electron chi connectivity index (χ2n) is 4.75. The van der Waals surface area contributed by atoms with E-state index in [1.165, 1.54) is 17.1 Å². The van der Waals surface area contributed by atoms with Crippen molar-refractivity contribution in [3.05, 3.63) is 56.6 Å². The number of H-pyrrole nitrogens is 1. The van der Waals surface area contributed by atoms with Gasteiger partial charge in [-0.2, -0.15) is 0 Å². The summed E-state index contributed by atoms with van der Waals surface area (Å²) in [7, 11) is 0. The predicted molar refractivity (Wildman–Crippen MR) is 74.3 cm³/mol. The summed E-state index contributed by atoms with van der Waals surface area (Å²) in [5.74, 6) is 0.409. The molecule has 0 radical (unpaired) electrons. The Labute approximate surface area is 114 Å². The maximum atomic E-state index is 12.2. The summed E-state index contributed by atoms with van der Waals surface area (Å²) in [6.45, 7) is 0. The van der Waals surface area contributed by atoms with Crippen molar-refractivity contribution in [1.82, 2.24) is 10.3 Å². The molecule has 1 saturated carbocycles. The number of carbonyl (C=O) groups is 1. The molecular formula is C14H14N2O2S. The number of thiophene rings is 1. The summed E-state index contributed by atoms with van der Waals surface area (Å²) in [6, 6.07) is 7.07. The predicted octanol–water partition coefficient (Wildman–Crippen LogP) is 2.32. The van der Waals surface area contributed by atoms with E-state index < -0.39 is 0 Å². The van der Waals surface area contributed by atoms with Gasteiger partial charge in [-0.3, -0.25) is 9.59 Å². The molecule has 2 N–H and O–H groups in total. The molecule has 0 aliphatic heterocycles. The Hall–Kier alpha value is -1.88. The van der Waals surface area contributed by atoms with Crippen LogP contribution in [0.2, 0.25) is 0 Å². The zero-order chi connectivity index (χ0) is 13.2. The Bertz CT molecular complexity index is 609. The van der Waals surface area contributed by atoms with Gasteiger partial charge in [-0.25, -0.2) is 0 Å². The van der Waals surface area contributed by atoms with Gasteiger partial charge in [0.2, 0.25) is 5.56 Å². The smallest absolute Gasteiger partial charge is 0.253 e. The van der Waals surface area contributed by atoms with Crippen molar-refractivity contribution >= 4 is 17.2 Å². The molecule has 1 amide bonds. The maximum Gasteiger partial charge on any atom is 0.253 e. The van der Waals surface area contributed by atoms with Gasteiger partial charge < -0.3 is 10.3 Å². The van der Waals surface area contributed by atoms with Crippen molar-refractivity contribution in [3.8, 4) is 0 Å². The van der Waals surface area contributed by atoms with Gasteiger partial charge in [0.05, 0.1) is 11.6 Å². The second kappa shape index (κ2) is 5.01. The largest absolute Gasteiger partial charge is 0.344 e. The first-order chi connectivity index (χ1) is 9.24. The molecule has 98 valence electrons. The molecule has 1 aliphatic carbocycles. The molecule has 1 fully saturated rings. The minimum absolute atomic E-state index is 0.0967. The van der Waals surface area contributed by atoms with E-state index in [0.717, 1.165) is 12.8 Å². The standard InChI is InChI=1S/C14H14N2O2S/c17-12-6-5-10(8-15-12)14(18)16-13(9-3-4-9)11-2-1-7-19-11/h1-2,5-9,13H,3-4H2,(H,15,17)(H,16,18)/t13-/m1/s1. The summed E-state index contributed by atoms with van der Waals surface area (Å²) >= 11 is 1.67. The van der Waals surface area contributed by atoms with Crippen LogP contribution in [0, 0.1) is 5.92 Å². The summed E-state index contributed by atoms with van der Waals surface area (Å²) in [4.78, 5) is 26.9. The van der Waals surface area contributed by atoms with E-state index in [9.17, 15) is 9.59 Å². The molecule has 0 bridgehead atoms. The molecular weight excluding hydrogens is 260 g/mol. The first kappa shape index (κ1) is 12.2. The highest BCUT2D eigenvalue weighted by Crippen LogP contribution is 2.42. The SMILES string of the molecule is O=C(N[C@@H](c1cccs1)C1CC1)c1ccc(=O)[nH]c1. The molecule has 19 heavy (non-hydrogen) atoms. The van der Waals surface area contributed by atoms with Crippen LogP contribution in [0.3, 0.4) is 0 Å². The van der Waals surface area contributed by atoms with Crippen molar-refractivity contribution in [2.45, 2.75) is 18.9 Å². The Kier molecular flexibility index (Phi) is 3.21. The monoisotopic (exact) mass is 274 g/mol. The third-order valence-electron chi connectivity index (χ3n) is 3.28. The van der Waals surface area contributed by atoms with Gasteiger partial charge in [0.25, 0.3) is 5.91 Å². The van der Waals surface area contributed by atoms with E-state index in [2.05, 4.69) is 16.4 Å². The lowest BCUT2D eigenvalue weighted by Gasteiger charge is -2.16. The quantitative estimate of drug-likeness (QED) is 0.898. The molecule has 5 heteroatoms. The Balaban J connectivity index is 1.77. The molecule has 2 heterocycles. The van der Waals surface area contributed by atoms with Crippen LogP contribution in [0.15, 0.2) is 40.6 Å². The molecule has 1 aliphatic rings. The number of aromatic amines is 1. The van der Waals surface area contributed by atoms with Crippen LogP contribution in [0.5, 0.6) is 0 Å². The summed E-state index contributed by atoms with van der Waals surface area (Å²) < 4.78 is 0. The highest BCUT2D eigenvalue weighted by molar-refractivity contribution is 7.10. The minimum atomic E-state index is -0.200. The second-order valence-corrected chi connectivity index (χ2v) is 5.72. The van der Waals surface area contributed by atoms with Crippen LogP contribution < -0.4 is 10.9 Å². The van der Waals surface area contributed by atoms with Crippen LogP contribution in [0.4, 0.5) is 0 Å². The number of rotatable bonds is 4. The maximum absolute atomic E-state index is 12.2. The zero-order valence-corrected chi connectivity index (χ0v) is 11.1. The lowest BCUT2D eigenvalue weighted by molar-refractivity contribution is 0.0932. The van der Waals surface area contributed by atoms with E-state index in [4.69, 9.17) is 0 Å². The first-order valence-electron chi connectivity index (χ1n) is 6.27. The van der Waals surface area contributed by atoms with Crippen LogP contribution in [-0.4, -0.2) is 10.9 Å². The van der Waals surface area contributed by atoms with Crippen molar-refractivity contribution in [3.63, 3.8) is 0 Å². The van der Waals surface area contributed by atoms with E-state index >= 15 is 0 Å². The fourth-order valence-electron chi connectivity index (χ4n) is 2.10. The molecule has 0 saturated heterocycles. The topological polar surface area (TPSA) is 62.0 Å². The highest BCUT2D eigenvalue weighted by Gasteiger charge is 2.34. The summed E-state index contributed by atoms with van der Waals surface area (Å²) in [5, 5.41) is 5.09. The van der Waals surface area contributed by atoms with Crippen LogP contribution >= 0.6 is 11.3 Å². The van der Waals surface area contributed by atoms with Gasteiger partial charge in [-0.15, -0.1) is 11.3 Å². The van der Waals surface area contributed by atoms with Crippen LogP contribution in [0.25, 0.3) is 0 Å². The fourth-order valence-corrected chi connectivity index (χ4v) is 2.96. The average Bonchev–Trinajstić information content (AvgIpc) is 3.11. The van der Waals surface area contributed by atoms with E-state index in [1.807, 2.05) is 11.4 Å². The van der Waals surface area contributed by atoms with Crippen molar-refractivity contribution < 1.29 is 4.79 Å². The van der Waals surface area contributed by atoms with E-state index in [0.29, 0.717) is 11.5 Å². The first-order valence-corrected chi connectivity index (χ1v) is 7.15. The molecule has 2 aromatic heterocycles. The third-order valence-corrected chi connectivity index (χ3v) is 4.23. The average molecular weight is 274 g/mol. The number of hydrogen-bond acceptors (Lipinski definition) is 3. The van der Waals surface area contributed by atoms with Gasteiger partial charge in [0.15, 0.2) is 0 Å². The number of pyridine rings is 1. The van der Waals surface area contributed by atoms with Gasteiger partial charge in [-0.05, 0) is 36.3 Å². The van der Waals surface area contributed by atoms with Gasteiger partial charge >= 0.3 is 0 Å². The van der Waals surface area contributed by atoms with Gasteiger partial charge in [-0.1, -0.05) is 6.07 Å². The minimum Gasteiger partial charge on any atom is -0.344 e. The molecule has 4 nitrogen and oxygen atoms in total. The lowest BCUT2D eigenvalue weighted by Crippen LogP contribution is -2.29. The molecule has 0 unspecified atom stereocenters. The molecule has 2 aromatic rings. The number of amides is 1. The third kappa shape index (κ3) is 2.76. The number of carbonyl (C=O) groups excluding carboxylic acids is 1. The Morgan fingerprint density at radius 2 is 2.21 bits per heavy atom. The van der Waals surface area contributed by atoms with Crippen LogP contribution in [-0.2, 0) is 0 Å². The summed E-state index contributed by atoms with van der Waals surface area (Å²) in [6.07, 6.45) is 3.78. The Morgan fingerprint density at radius 3 is 2.79 bits per heavy atom. The number of hydrogen-bond donors (Lipinski definition) is 2. The molecule has 3 rings (SSSR count). The number of aromatic nitrogens is 1. The van der Waals surface area contributed by atoms with E-state index in [-0.39, 0.29) is 17.5 Å². The fraction of sp³-hybridized carbons (Fsp3) is 0.286. The zero-order valence-electron chi connectivity index (χ0n) is 10.3. The molecule has 0 spiro atoms. The Morgan fingerprint density at radius 1 is 1.37 bits per heavy atom. The van der Waals surface area contributed by atoms with Crippen LogP contribution in [0.1, 0.15) is 34.1 Å². The van der Waals surface area contributed by atoms with Gasteiger partial charge in [0, 0.05) is 17.1 Å². The normalized spacial score (nSPS) is 16.0. The van der Waals surface area contributed by atoms with Crippen molar-refractivity contribution in [2.75, 3.05) is 0 Å². The number of nitrogens with one attached hydrogen (secondary N) is 2. The molecule has 0 aromatic carbocycles. The van der Waals surface area contributed by atoms with Crippen molar-refractivity contribution in [2.24, 2.45) is 5.92 Å². The van der Waals surface area contributed by atoms with Gasteiger partial charge in [0.1, 0.15) is 0 Å².